The van der Waals surface area contributed by atoms with Gasteiger partial charge in [-0.15, -0.1) is 0 Å². The van der Waals surface area contributed by atoms with Crippen LogP contribution in [0, 0.1) is 0 Å². The van der Waals surface area contributed by atoms with E-state index in [-0.39, 0.29) is 29.6 Å². The van der Waals surface area contributed by atoms with Crippen molar-refractivity contribution in [1.82, 2.24) is 0 Å². The van der Waals surface area contributed by atoms with Gasteiger partial charge in [0.15, 0.2) is 0 Å². The number of hydrogen-bond donors (Lipinski definition) is 2. The molecule has 0 fully saturated rings. The fourth-order valence-electron chi connectivity index (χ4n) is 1.52. The Morgan fingerprint density at radius 1 is 1.11 bits per heavy atom. The number of hydrogen-bond acceptors (Lipinski definition) is 4. The third kappa shape index (κ3) is 14.9. The minimum absolute atomic E-state index is 0. The summed E-state index contributed by atoms with van der Waals surface area (Å²) in [5.41, 5.74) is 0. The van der Waals surface area contributed by atoms with Crippen molar-refractivity contribution in [3.05, 3.63) is 0 Å². The molecule has 0 aromatic rings. The second-order valence-electron chi connectivity index (χ2n) is 4.19. The molecule has 1 atom stereocenters. The maximum atomic E-state index is 10.6. The summed E-state index contributed by atoms with van der Waals surface area (Å²) in [7, 11) is -4.08. The number of rotatable bonds is 11. The van der Waals surface area contributed by atoms with E-state index in [4.69, 9.17) is 14.4 Å². The van der Waals surface area contributed by atoms with Gasteiger partial charge in [-0.05, 0) is 6.42 Å². The molecule has 0 saturated heterocycles. The second-order valence-corrected chi connectivity index (χ2v) is 5.69. The van der Waals surface area contributed by atoms with Gasteiger partial charge in [-0.25, -0.2) is 0 Å². The van der Waals surface area contributed by atoms with Crippen molar-refractivity contribution in [2.45, 2.75) is 51.6 Å². The summed E-state index contributed by atoms with van der Waals surface area (Å²) in [6.45, 7) is 2.19. The van der Waals surface area contributed by atoms with E-state index in [1.807, 2.05) is 0 Å². The molecule has 106 valence electrons. The normalized spacial score (nSPS) is 13.1. The van der Waals surface area contributed by atoms with E-state index in [1.54, 1.807) is 0 Å². The molecule has 0 saturated carbocycles. The maximum absolute atomic E-state index is 10.6. The van der Waals surface area contributed by atoms with Crippen LogP contribution >= 0.6 is 0 Å². The first kappa shape index (κ1) is 21.1. The summed E-state index contributed by atoms with van der Waals surface area (Å²) in [5, 5.41) is 8.86. The predicted octanol–water partition coefficient (Wildman–Crippen LogP) is 0.964. The number of ether oxygens (including phenoxy) is 1. The third-order valence-corrected chi connectivity index (χ3v) is 3.24. The molecule has 5 nitrogen and oxygen atoms in total. The first-order valence-corrected chi connectivity index (χ1v) is 7.78. The van der Waals surface area contributed by atoms with Crippen LogP contribution in [0.3, 0.4) is 0 Å². The van der Waals surface area contributed by atoms with E-state index < -0.39 is 28.6 Å². The van der Waals surface area contributed by atoms with Gasteiger partial charge in [0.2, 0.25) is 0 Å². The molecule has 7 heteroatoms. The summed E-state index contributed by atoms with van der Waals surface area (Å²) in [4.78, 5) is 0. The van der Waals surface area contributed by atoms with Crippen molar-refractivity contribution in [2.24, 2.45) is 0 Å². The Labute approximate surface area is 132 Å². The van der Waals surface area contributed by atoms with Crippen LogP contribution < -0.4 is 0 Å². The predicted molar refractivity (Wildman–Crippen MR) is 73.8 cm³/mol. The molecular formula is C11H25NaO5S. The Hall–Kier alpha value is 0.830. The molecule has 0 aromatic heterocycles. The molecule has 2 N–H and O–H groups in total. The molecule has 0 radical (unpaired) electrons. The molecule has 0 bridgehead atoms. The molecule has 0 aliphatic heterocycles. The monoisotopic (exact) mass is 292 g/mol. The number of aliphatic hydroxyl groups excluding tert-OH is 1. The van der Waals surface area contributed by atoms with E-state index in [9.17, 15) is 8.42 Å². The molecule has 0 aromatic carbocycles. The fourth-order valence-corrected chi connectivity index (χ4v) is 2.19. The van der Waals surface area contributed by atoms with E-state index in [1.165, 1.54) is 19.3 Å². The standard InChI is InChI=1S/C11H24O5S.Na.H/c1-2-3-4-5-6-7-8-16-11(9-12)10-17(13,14)15;;/h11-12H,2-10H2,1H3,(H,13,14,15);;. The van der Waals surface area contributed by atoms with Gasteiger partial charge in [0, 0.05) is 6.61 Å². The van der Waals surface area contributed by atoms with E-state index >= 15 is 0 Å². The zero-order valence-corrected chi connectivity index (χ0v) is 11.3. The van der Waals surface area contributed by atoms with Crippen molar-refractivity contribution in [2.75, 3.05) is 19.0 Å². The van der Waals surface area contributed by atoms with Crippen molar-refractivity contribution < 1.29 is 22.8 Å². The molecular weight excluding hydrogens is 267 g/mol. The zero-order valence-electron chi connectivity index (χ0n) is 10.5. The van der Waals surface area contributed by atoms with Crippen LogP contribution in [0.5, 0.6) is 0 Å². The number of unbranched alkanes of at least 4 members (excludes halogenated alkanes) is 5. The summed E-state index contributed by atoms with van der Waals surface area (Å²) in [6, 6.07) is 0. The Balaban J connectivity index is 0. The number of aliphatic hydroxyl groups is 1. The fraction of sp³-hybridized carbons (Fsp3) is 1.00. The van der Waals surface area contributed by atoms with Gasteiger partial charge in [0.1, 0.15) is 5.75 Å². The van der Waals surface area contributed by atoms with Gasteiger partial charge in [-0.3, -0.25) is 4.55 Å². The van der Waals surface area contributed by atoms with Gasteiger partial charge in [-0.2, -0.15) is 8.42 Å². The first-order valence-electron chi connectivity index (χ1n) is 6.17. The molecule has 18 heavy (non-hydrogen) atoms. The summed E-state index contributed by atoms with van der Waals surface area (Å²) in [6.07, 6.45) is 5.89. The van der Waals surface area contributed by atoms with Gasteiger partial charge in [-0.1, -0.05) is 39.0 Å². The van der Waals surface area contributed by atoms with Gasteiger partial charge < -0.3 is 9.84 Å². The van der Waals surface area contributed by atoms with Gasteiger partial charge in [0.25, 0.3) is 10.1 Å². The SMILES string of the molecule is CCCCCCCCOC(CO)CS(=O)(=O)O.[NaH]. The average Bonchev–Trinajstić information content (AvgIpc) is 2.24. The summed E-state index contributed by atoms with van der Waals surface area (Å²) < 4.78 is 34.9. The molecule has 1 unspecified atom stereocenters. The molecule has 0 heterocycles. The third-order valence-electron chi connectivity index (χ3n) is 2.45. The molecule has 0 aliphatic rings. The van der Waals surface area contributed by atoms with Crippen LogP contribution in [-0.2, 0) is 14.9 Å². The Kier molecular flexibility index (Phi) is 15.1. The second kappa shape index (κ2) is 12.8. The summed E-state index contributed by atoms with van der Waals surface area (Å²) in [5.74, 6) is -0.542. The van der Waals surface area contributed by atoms with Crippen LogP contribution in [-0.4, -0.2) is 72.7 Å². The van der Waals surface area contributed by atoms with Crippen LogP contribution in [0.1, 0.15) is 45.4 Å². The quantitative estimate of drug-likeness (QED) is 0.337. The zero-order chi connectivity index (χ0) is 13.1. The van der Waals surface area contributed by atoms with Gasteiger partial charge in [0.05, 0.1) is 12.7 Å². The first-order chi connectivity index (χ1) is 7.99. The Morgan fingerprint density at radius 3 is 2.17 bits per heavy atom. The van der Waals surface area contributed by atoms with Crippen LogP contribution in [0.2, 0.25) is 0 Å². The van der Waals surface area contributed by atoms with E-state index in [0.717, 1.165) is 19.3 Å². The Morgan fingerprint density at radius 2 is 1.67 bits per heavy atom. The van der Waals surface area contributed by atoms with Crippen LogP contribution in [0.15, 0.2) is 0 Å². The van der Waals surface area contributed by atoms with Gasteiger partial charge >= 0.3 is 29.6 Å². The molecule has 0 aliphatic carbocycles. The average molecular weight is 292 g/mol. The van der Waals surface area contributed by atoms with Crippen molar-refractivity contribution in [3.63, 3.8) is 0 Å². The van der Waals surface area contributed by atoms with Crippen molar-refractivity contribution in [3.8, 4) is 0 Å². The molecule has 0 rings (SSSR count). The van der Waals surface area contributed by atoms with Crippen LogP contribution in [0.4, 0.5) is 0 Å². The molecule has 0 spiro atoms. The Bertz CT molecular complexity index is 269. The van der Waals surface area contributed by atoms with Crippen molar-refractivity contribution >= 4 is 39.7 Å². The topological polar surface area (TPSA) is 83.8 Å². The van der Waals surface area contributed by atoms with Crippen LogP contribution in [0.25, 0.3) is 0 Å². The molecule has 0 amide bonds. The van der Waals surface area contributed by atoms with Crippen molar-refractivity contribution in [1.29, 1.82) is 0 Å². The summed E-state index contributed by atoms with van der Waals surface area (Å²) >= 11 is 0. The minimum atomic E-state index is -4.08. The van der Waals surface area contributed by atoms with E-state index in [0.29, 0.717) is 6.61 Å². The van der Waals surface area contributed by atoms with E-state index in [2.05, 4.69) is 6.92 Å².